The van der Waals surface area contributed by atoms with Gasteiger partial charge in [0, 0.05) is 24.5 Å². The Morgan fingerprint density at radius 3 is 2.69 bits per heavy atom. The van der Waals surface area contributed by atoms with Crippen molar-refractivity contribution < 1.29 is 33.7 Å². The van der Waals surface area contributed by atoms with Gasteiger partial charge in [-0.15, -0.1) is 0 Å². The number of carbonyl (C=O) groups excluding carboxylic acids is 3. The summed E-state index contributed by atoms with van der Waals surface area (Å²) in [7, 11) is 0. The third-order valence-electron chi connectivity index (χ3n) is 5.08. The first-order chi connectivity index (χ1) is 13.6. The summed E-state index contributed by atoms with van der Waals surface area (Å²) in [5.41, 5.74) is 2.13. The number of ether oxygens (including phenoxy) is 3. The molecule has 4 atom stereocenters. The van der Waals surface area contributed by atoms with Gasteiger partial charge in [0.05, 0.1) is 12.0 Å². The predicted molar refractivity (Wildman–Crippen MR) is 106 cm³/mol. The monoisotopic (exact) mass is 404 g/mol. The SMILES string of the molecule is C=C1C(=O)O[C@@H]2C=C(C)[C@@H](O)CC=C(C)C[C@@H](OC(=O)C(C)=CCOC(C)=O)[C@@H]12. The fraction of sp³-hybridized carbons (Fsp3) is 0.500. The van der Waals surface area contributed by atoms with Crippen molar-refractivity contribution in [3.8, 4) is 0 Å². The Balaban J connectivity index is 2.29. The van der Waals surface area contributed by atoms with Gasteiger partial charge in [0.15, 0.2) is 0 Å². The van der Waals surface area contributed by atoms with Crippen LogP contribution in [0.25, 0.3) is 0 Å². The molecule has 2 rings (SSSR count). The standard InChI is InChI=1S/C22H28O7/c1-12-6-7-17(24)14(3)11-19-20(15(4)22(26)29-19)18(10-12)28-21(25)13(2)8-9-27-16(5)23/h6,8,11,17-20,24H,4,7,9-10H2,1-3,5H3/t17-,18+,19+,20+/m0/s1. The molecule has 0 aromatic rings. The summed E-state index contributed by atoms with van der Waals surface area (Å²) in [6.07, 6.45) is 3.84. The quantitative estimate of drug-likeness (QED) is 0.333. The minimum Gasteiger partial charge on any atom is -0.462 e. The van der Waals surface area contributed by atoms with Crippen molar-refractivity contribution >= 4 is 17.9 Å². The van der Waals surface area contributed by atoms with Gasteiger partial charge >= 0.3 is 17.9 Å². The highest BCUT2D eigenvalue weighted by Crippen LogP contribution is 2.36. The number of carbonyl (C=O) groups is 3. The molecule has 1 aliphatic carbocycles. The molecule has 0 aromatic heterocycles. The number of esters is 3. The molecule has 7 heteroatoms. The van der Waals surface area contributed by atoms with Gasteiger partial charge in [-0.3, -0.25) is 4.79 Å². The fourth-order valence-electron chi connectivity index (χ4n) is 3.29. The second-order valence-corrected chi connectivity index (χ2v) is 7.47. The zero-order chi connectivity index (χ0) is 21.7. The molecule has 1 aliphatic heterocycles. The number of fused-ring (bicyclic) bond motifs is 1. The van der Waals surface area contributed by atoms with Crippen molar-refractivity contribution in [2.24, 2.45) is 5.92 Å². The van der Waals surface area contributed by atoms with Crippen LogP contribution in [0.5, 0.6) is 0 Å². The largest absolute Gasteiger partial charge is 0.462 e. The van der Waals surface area contributed by atoms with E-state index in [0.29, 0.717) is 24.0 Å². The number of aliphatic hydroxyl groups is 1. The van der Waals surface area contributed by atoms with Gasteiger partial charge in [0.2, 0.25) is 0 Å². The Kier molecular flexibility index (Phi) is 7.56. The summed E-state index contributed by atoms with van der Waals surface area (Å²) < 4.78 is 16.0. The maximum atomic E-state index is 12.6. The summed E-state index contributed by atoms with van der Waals surface area (Å²) in [6, 6.07) is 0. The highest BCUT2D eigenvalue weighted by atomic mass is 16.6. The highest BCUT2D eigenvalue weighted by molar-refractivity contribution is 5.92. The van der Waals surface area contributed by atoms with Crippen LogP contribution >= 0.6 is 0 Å². The van der Waals surface area contributed by atoms with Gasteiger partial charge in [-0.1, -0.05) is 18.2 Å². The Morgan fingerprint density at radius 1 is 1.34 bits per heavy atom. The number of hydrogen-bond donors (Lipinski definition) is 1. The molecule has 1 N–H and O–H groups in total. The molecule has 1 fully saturated rings. The third kappa shape index (κ3) is 5.90. The molecule has 29 heavy (non-hydrogen) atoms. The van der Waals surface area contributed by atoms with E-state index in [-0.39, 0.29) is 12.2 Å². The normalized spacial score (nSPS) is 28.0. The van der Waals surface area contributed by atoms with Gasteiger partial charge in [0.1, 0.15) is 18.8 Å². The summed E-state index contributed by atoms with van der Waals surface area (Å²) in [6.45, 7) is 10.3. The van der Waals surface area contributed by atoms with Crippen LogP contribution < -0.4 is 0 Å². The van der Waals surface area contributed by atoms with Gasteiger partial charge in [-0.2, -0.15) is 0 Å². The summed E-state index contributed by atoms with van der Waals surface area (Å²) >= 11 is 0. The molecule has 2 aliphatic rings. The van der Waals surface area contributed by atoms with Crippen LogP contribution in [0, 0.1) is 5.92 Å². The van der Waals surface area contributed by atoms with Crippen molar-refractivity contribution in [3.05, 3.63) is 47.1 Å². The van der Waals surface area contributed by atoms with E-state index in [1.807, 2.05) is 13.0 Å². The first-order valence-corrected chi connectivity index (χ1v) is 9.53. The molecular weight excluding hydrogens is 376 g/mol. The van der Waals surface area contributed by atoms with Gasteiger partial charge in [-0.05, 0) is 44.9 Å². The first-order valence-electron chi connectivity index (χ1n) is 9.53. The van der Waals surface area contributed by atoms with E-state index >= 15 is 0 Å². The average Bonchev–Trinajstić information content (AvgIpc) is 2.91. The summed E-state index contributed by atoms with van der Waals surface area (Å²) in [4.78, 5) is 35.6. The van der Waals surface area contributed by atoms with Crippen molar-refractivity contribution in [3.63, 3.8) is 0 Å². The second-order valence-electron chi connectivity index (χ2n) is 7.47. The van der Waals surface area contributed by atoms with Gasteiger partial charge in [-0.25, -0.2) is 9.59 Å². The van der Waals surface area contributed by atoms with Crippen LogP contribution in [-0.4, -0.2) is 47.9 Å². The second kappa shape index (κ2) is 9.69. The Bertz CT molecular complexity index is 787. The minimum absolute atomic E-state index is 0.0277. The Labute approximate surface area is 170 Å². The molecule has 0 saturated carbocycles. The van der Waals surface area contributed by atoms with E-state index in [0.717, 1.165) is 5.57 Å². The lowest BCUT2D eigenvalue weighted by Gasteiger charge is -2.28. The molecular formula is C22H28O7. The molecule has 0 bridgehead atoms. The van der Waals surface area contributed by atoms with E-state index < -0.39 is 42.1 Å². The smallest absolute Gasteiger partial charge is 0.334 e. The third-order valence-corrected chi connectivity index (χ3v) is 5.08. The topological polar surface area (TPSA) is 99.1 Å². The van der Waals surface area contributed by atoms with E-state index in [4.69, 9.17) is 14.2 Å². The molecule has 0 amide bonds. The molecule has 1 saturated heterocycles. The highest BCUT2D eigenvalue weighted by Gasteiger charge is 2.44. The van der Waals surface area contributed by atoms with Crippen LogP contribution in [0.1, 0.15) is 40.5 Å². The van der Waals surface area contributed by atoms with Crippen molar-refractivity contribution in [2.75, 3.05) is 6.61 Å². The molecule has 0 radical (unpaired) electrons. The molecule has 1 heterocycles. The van der Waals surface area contributed by atoms with Crippen molar-refractivity contribution in [2.45, 2.75) is 58.8 Å². The summed E-state index contributed by atoms with van der Waals surface area (Å²) in [5, 5.41) is 10.3. The van der Waals surface area contributed by atoms with Crippen LogP contribution in [0.2, 0.25) is 0 Å². The maximum absolute atomic E-state index is 12.6. The lowest BCUT2D eigenvalue weighted by atomic mass is 9.85. The van der Waals surface area contributed by atoms with E-state index in [2.05, 4.69) is 6.58 Å². The first kappa shape index (κ1) is 22.6. The number of hydrogen-bond acceptors (Lipinski definition) is 7. The zero-order valence-corrected chi connectivity index (χ0v) is 17.3. The van der Waals surface area contributed by atoms with E-state index in [1.165, 1.54) is 13.0 Å². The number of aliphatic hydroxyl groups excluding tert-OH is 1. The van der Waals surface area contributed by atoms with E-state index in [9.17, 15) is 19.5 Å². The van der Waals surface area contributed by atoms with Crippen molar-refractivity contribution in [1.82, 2.24) is 0 Å². The molecule has 158 valence electrons. The van der Waals surface area contributed by atoms with Crippen LogP contribution in [-0.2, 0) is 28.6 Å². The number of rotatable bonds is 4. The van der Waals surface area contributed by atoms with Crippen LogP contribution in [0.3, 0.4) is 0 Å². The van der Waals surface area contributed by atoms with Crippen LogP contribution in [0.4, 0.5) is 0 Å². The average molecular weight is 404 g/mol. The Morgan fingerprint density at radius 2 is 2.03 bits per heavy atom. The lowest BCUT2D eigenvalue weighted by Crippen LogP contribution is -2.34. The molecule has 0 unspecified atom stereocenters. The van der Waals surface area contributed by atoms with Gasteiger partial charge in [0.25, 0.3) is 0 Å². The predicted octanol–water partition coefficient (Wildman–Crippen LogP) is 2.55. The Hall–Kier alpha value is -2.67. The van der Waals surface area contributed by atoms with E-state index in [1.54, 1.807) is 19.9 Å². The minimum atomic E-state index is -0.677. The summed E-state index contributed by atoms with van der Waals surface area (Å²) in [5.74, 6) is -2.11. The zero-order valence-electron chi connectivity index (χ0n) is 17.3. The van der Waals surface area contributed by atoms with Gasteiger partial charge < -0.3 is 19.3 Å². The fourth-order valence-corrected chi connectivity index (χ4v) is 3.29. The lowest BCUT2D eigenvalue weighted by molar-refractivity contribution is -0.147. The maximum Gasteiger partial charge on any atom is 0.334 e. The molecule has 0 spiro atoms. The van der Waals surface area contributed by atoms with Crippen molar-refractivity contribution in [1.29, 1.82) is 0 Å². The van der Waals surface area contributed by atoms with Crippen LogP contribution in [0.15, 0.2) is 47.1 Å². The molecule has 7 nitrogen and oxygen atoms in total. The molecule has 0 aromatic carbocycles.